The molecule has 1 N–H and O–H groups in total. The number of aliphatic hydroxyl groups excluding tert-OH is 1. The molecule has 470 valence electrons. The molecule has 0 bridgehead atoms. The Morgan fingerprint density at radius 2 is 0.921 bits per heavy atom. The number of aliphatic hydroxyl groups is 1. The third-order valence-electron chi connectivity index (χ3n) is 16.7. The van der Waals surface area contributed by atoms with E-state index in [2.05, 4.69) is 5.92 Å². The Morgan fingerprint density at radius 3 is 1.34 bits per heavy atom. The Hall–Kier alpha value is -8.06. The first kappa shape index (κ1) is 59.9. The van der Waals surface area contributed by atoms with E-state index in [0.717, 1.165) is 5.56 Å². The molecular formula is C65H66O24. The van der Waals surface area contributed by atoms with Gasteiger partial charge >= 0.3 is 11.9 Å². The van der Waals surface area contributed by atoms with Crippen molar-refractivity contribution in [3.63, 3.8) is 0 Å². The monoisotopic (exact) mass is 1230 g/mol. The summed E-state index contributed by atoms with van der Waals surface area (Å²) < 4.78 is 125. The van der Waals surface area contributed by atoms with Gasteiger partial charge in [-0.1, -0.05) is 18.1 Å². The number of hydrogen-bond acceptors (Lipinski definition) is 24. The normalized spacial score (nSPS) is 26.0. The minimum Gasteiger partial charge on any atom is -0.493 e. The van der Waals surface area contributed by atoms with Gasteiger partial charge < -0.3 is 105 Å². The molecule has 89 heavy (non-hydrogen) atoms. The van der Waals surface area contributed by atoms with Crippen molar-refractivity contribution in [2.24, 2.45) is 0 Å². The van der Waals surface area contributed by atoms with Gasteiger partial charge in [0.1, 0.15) is 80.2 Å². The van der Waals surface area contributed by atoms with E-state index in [1.807, 2.05) is 56.3 Å². The highest BCUT2D eigenvalue weighted by molar-refractivity contribution is 6.15. The zero-order valence-corrected chi connectivity index (χ0v) is 50.4. The second-order valence-electron chi connectivity index (χ2n) is 22.7. The van der Waals surface area contributed by atoms with Crippen molar-refractivity contribution in [3.8, 4) is 92.1 Å². The van der Waals surface area contributed by atoms with Gasteiger partial charge in [0.15, 0.2) is 57.6 Å². The van der Waals surface area contributed by atoms with Gasteiger partial charge in [-0.3, -0.25) is 0 Å². The second-order valence-corrected chi connectivity index (χ2v) is 22.7. The average molecular weight is 1230 g/mol. The fraction of sp³-hybridized carbons (Fsp3) is 0.446. The van der Waals surface area contributed by atoms with Gasteiger partial charge in [-0.25, -0.2) is 9.59 Å². The van der Waals surface area contributed by atoms with Gasteiger partial charge in [0.2, 0.25) is 26.2 Å². The standard InChI is InChI=1S/C34H34O12.C31H32O12/c1-7-10-39-15-25-29-30(46-34(2,3)45-29)31(38-6)33(43-25)44-28-19-13-23(37-5)22(36-4)12-18(19)26(27-20(28)14-40-32(27)35)17-8-9-21-24(11-17)42-16-41-21;1-31(2)42-26-22(11-32)40-30(28(36-5)27(26)43-31)41-25-16-10-20(35-4)19(34-3)9-15(16)23(24-17(25)12-37-29(24)33)14-6-7-18-21(8-14)39-13-38-18/h1,8-9,11-13,25,29-31,33H,10,14-16H2,2-6H3;6-10,22,26-28,30,32H,11-13H2,1-5H3. The third kappa shape index (κ3) is 10.5. The number of carbonyl (C=O) groups excluding carboxylic acids is 2. The van der Waals surface area contributed by atoms with Crippen LogP contribution in [0.3, 0.4) is 0 Å². The lowest BCUT2D eigenvalue weighted by Crippen LogP contribution is -2.59. The van der Waals surface area contributed by atoms with Crippen LogP contribution in [-0.2, 0) is 65.3 Å². The molecule has 0 aliphatic carbocycles. The van der Waals surface area contributed by atoms with E-state index in [1.54, 1.807) is 67.6 Å². The Balaban J connectivity index is 0.000000164. The summed E-state index contributed by atoms with van der Waals surface area (Å²) in [7, 11) is 9.26. The van der Waals surface area contributed by atoms with Crippen LogP contribution in [-0.4, -0.2) is 166 Å². The van der Waals surface area contributed by atoms with Gasteiger partial charge in [0, 0.05) is 47.2 Å². The number of ether oxygens (including phenoxy) is 21. The lowest BCUT2D eigenvalue weighted by atomic mass is 9.89. The fourth-order valence-corrected chi connectivity index (χ4v) is 12.9. The third-order valence-corrected chi connectivity index (χ3v) is 16.7. The van der Waals surface area contributed by atoms with Crippen LogP contribution in [0.25, 0.3) is 43.8 Å². The van der Waals surface area contributed by atoms with Crippen LogP contribution < -0.4 is 47.4 Å². The number of cyclic esters (lactones) is 2. The van der Waals surface area contributed by atoms with Crippen molar-refractivity contribution < 1.29 is 114 Å². The molecule has 6 aromatic carbocycles. The number of fused-ring (bicyclic) bond motifs is 8. The number of benzene rings is 6. The molecule has 24 nitrogen and oxygen atoms in total. The minimum atomic E-state index is -1.03. The molecule has 8 aliphatic heterocycles. The van der Waals surface area contributed by atoms with Crippen molar-refractivity contribution in [2.45, 2.75) is 114 Å². The summed E-state index contributed by atoms with van der Waals surface area (Å²) in [6.07, 6.45) is -1.64. The fourth-order valence-electron chi connectivity index (χ4n) is 12.9. The van der Waals surface area contributed by atoms with Crippen LogP contribution in [0.5, 0.6) is 57.5 Å². The van der Waals surface area contributed by atoms with Crippen LogP contribution in [0.4, 0.5) is 0 Å². The number of carbonyl (C=O) groups is 2. The molecule has 0 amide bonds. The number of hydrogen-bond donors (Lipinski definition) is 1. The quantitative estimate of drug-likeness (QED) is 0.0552. The van der Waals surface area contributed by atoms with E-state index in [4.69, 9.17) is 106 Å². The van der Waals surface area contributed by atoms with Crippen LogP contribution in [0.1, 0.15) is 59.5 Å². The summed E-state index contributed by atoms with van der Waals surface area (Å²) in [4.78, 5) is 26.9. The summed E-state index contributed by atoms with van der Waals surface area (Å²) in [5.41, 5.74) is 4.46. The molecule has 4 saturated heterocycles. The number of terminal acetylenes is 1. The summed E-state index contributed by atoms with van der Waals surface area (Å²) in [6, 6.07) is 18.2. The van der Waals surface area contributed by atoms with E-state index in [-0.39, 0.29) is 46.6 Å². The van der Waals surface area contributed by atoms with E-state index >= 15 is 0 Å². The van der Waals surface area contributed by atoms with Crippen molar-refractivity contribution in [1.29, 1.82) is 0 Å². The molecule has 10 atom stereocenters. The minimum absolute atomic E-state index is 0.0247. The van der Waals surface area contributed by atoms with Crippen molar-refractivity contribution in [3.05, 3.63) is 82.9 Å². The number of esters is 2. The Kier molecular flexibility index (Phi) is 16.0. The first-order valence-corrected chi connectivity index (χ1v) is 28.7. The molecular weight excluding hydrogens is 1160 g/mol. The molecule has 24 heteroatoms. The summed E-state index contributed by atoms with van der Waals surface area (Å²) in [5, 5.41) is 12.7. The lowest BCUT2D eigenvalue weighted by molar-refractivity contribution is -0.262. The molecule has 0 spiro atoms. The van der Waals surface area contributed by atoms with Crippen LogP contribution in [0.2, 0.25) is 0 Å². The van der Waals surface area contributed by atoms with Gasteiger partial charge in [0.05, 0.1) is 52.8 Å². The SMILES string of the molecule is C#CCOCC1OC(Oc2c3c(c(-c4ccc5c(c4)OCO5)c4cc(OC)c(OC)cc24)C(=O)OC3)C(OC)C2OC(C)(C)OC12.COc1cc2c(OC3OC(CO)C4OC(C)(C)OC4C3OC)c3c(c(-c4ccc5c(c4)OCO5)c2cc1OC)C(=O)OC3. The zero-order chi connectivity index (χ0) is 62.2. The molecule has 8 heterocycles. The molecule has 0 aromatic heterocycles. The maximum atomic E-state index is 13.5. The second kappa shape index (κ2) is 23.7. The molecule has 0 radical (unpaired) electrons. The topological polar surface area (TPSA) is 248 Å². The van der Waals surface area contributed by atoms with E-state index < -0.39 is 84.9 Å². The van der Waals surface area contributed by atoms with Crippen molar-refractivity contribution in [1.82, 2.24) is 0 Å². The van der Waals surface area contributed by atoms with E-state index in [9.17, 15) is 14.7 Å². The lowest BCUT2D eigenvalue weighted by Gasteiger charge is -2.41. The van der Waals surface area contributed by atoms with Crippen LogP contribution in [0, 0.1) is 12.3 Å². The molecule has 8 aliphatic rings. The first-order chi connectivity index (χ1) is 43.0. The largest absolute Gasteiger partial charge is 0.493 e. The number of rotatable bonds is 16. The van der Waals surface area contributed by atoms with E-state index in [0.29, 0.717) is 118 Å². The molecule has 4 fully saturated rings. The van der Waals surface area contributed by atoms with Gasteiger partial charge in [0.25, 0.3) is 0 Å². The Morgan fingerprint density at radius 1 is 0.517 bits per heavy atom. The van der Waals surface area contributed by atoms with Crippen LogP contribution in [0.15, 0.2) is 60.7 Å². The van der Waals surface area contributed by atoms with Crippen molar-refractivity contribution >= 4 is 33.5 Å². The van der Waals surface area contributed by atoms with Gasteiger partial charge in [-0.15, -0.1) is 6.42 Å². The molecule has 10 unspecified atom stereocenters. The molecule has 0 saturated carbocycles. The average Bonchev–Trinajstić information content (AvgIpc) is 1.80. The predicted octanol–water partition coefficient (Wildman–Crippen LogP) is 7.77. The highest BCUT2D eigenvalue weighted by atomic mass is 16.8. The van der Waals surface area contributed by atoms with Gasteiger partial charge in [-0.05, 0) is 98.1 Å². The van der Waals surface area contributed by atoms with Crippen molar-refractivity contribution in [2.75, 3.05) is 76.1 Å². The van der Waals surface area contributed by atoms with E-state index in [1.165, 1.54) is 7.11 Å². The Bertz CT molecular complexity index is 3810. The summed E-state index contributed by atoms with van der Waals surface area (Å²) in [5.74, 6) is 4.58. The number of methoxy groups -OCH3 is 6. The summed E-state index contributed by atoms with van der Waals surface area (Å²) >= 11 is 0. The highest BCUT2D eigenvalue weighted by Crippen LogP contribution is 2.53. The molecule has 14 rings (SSSR count). The molecule has 6 aromatic rings. The van der Waals surface area contributed by atoms with Crippen LogP contribution >= 0.6 is 0 Å². The highest BCUT2D eigenvalue weighted by Gasteiger charge is 2.58. The summed E-state index contributed by atoms with van der Waals surface area (Å²) in [6.45, 7) is 7.31. The zero-order valence-electron chi connectivity index (χ0n) is 50.4. The maximum Gasteiger partial charge on any atom is 0.339 e. The maximum absolute atomic E-state index is 13.5. The first-order valence-electron chi connectivity index (χ1n) is 28.7. The predicted molar refractivity (Wildman–Crippen MR) is 310 cm³/mol. The van der Waals surface area contributed by atoms with Gasteiger partial charge in [-0.2, -0.15) is 0 Å². The Labute approximate surface area is 510 Å². The smallest absolute Gasteiger partial charge is 0.339 e.